The Morgan fingerprint density at radius 1 is 0.443 bits per heavy atom. The quantitative estimate of drug-likeness (QED) is 0.0415. The fourth-order valence-corrected chi connectivity index (χ4v) is 11.4. The lowest BCUT2D eigenvalue weighted by molar-refractivity contribution is -0.107. The maximum absolute atomic E-state index is 13.8. The Morgan fingerprint density at radius 2 is 0.829 bits per heavy atom. The molecule has 0 saturated carbocycles. The number of fused-ring (bicyclic) bond motifs is 2. The molecule has 6 aromatic carbocycles. The Hall–Kier alpha value is -6.61. The van der Waals surface area contributed by atoms with E-state index in [9.17, 15) is 105 Å². The van der Waals surface area contributed by atoms with Crippen LogP contribution in [0.25, 0.3) is 21.5 Å². The predicted molar refractivity (Wildman–Crippen MR) is 237 cm³/mol. The average molecular weight is 1110 g/mol. The van der Waals surface area contributed by atoms with Crippen molar-refractivity contribution in [2.75, 3.05) is 20.4 Å². The van der Waals surface area contributed by atoms with E-state index in [0.717, 1.165) is 36.4 Å². The third-order valence-corrected chi connectivity index (χ3v) is 15.6. The van der Waals surface area contributed by atoms with E-state index in [4.69, 9.17) is 0 Å². The Labute approximate surface area is 393 Å². The number of carbonyl (C=O) groups is 3. The van der Waals surface area contributed by atoms with Gasteiger partial charge < -0.3 is 10.6 Å². The molecule has 35 heteroatoms. The van der Waals surface area contributed by atoms with Crippen LogP contribution in [0.4, 0.5) is 42.8 Å². The van der Waals surface area contributed by atoms with Crippen molar-refractivity contribution in [2.45, 2.75) is 34.3 Å². The van der Waals surface area contributed by atoms with Crippen molar-refractivity contribution in [1.82, 2.24) is 0 Å². The van der Waals surface area contributed by atoms with Gasteiger partial charge in [-0.3, -0.25) is 46.7 Å². The highest BCUT2D eigenvalue weighted by atomic mass is 32.3. The smallest absolute Gasteiger partial charge is 0.308 e. The molecule has 372 valence electrons. The van der Waals surface area contributed by atoms with E-state index in [2.05, 4.69) is 10.6 Å². The van der Waals surface area contributed by atoms with Crippen LogP contribution in [0.5, 0.6) is 0 Å². The average Bonchev–Trinajstić information content (AvgIpc) is 3.20. The van der Waals surface area contributed by atoms with Gasteiger partial charge >= 0.3 is 16.3 Å². The Bertz CT molecular complexity index is 3900. The highest BCUT2D eigenvalue weighted by molar-refractivity contribution is 7.88. The standard InChI is InChI=1S/C35H25FN4O23S7/c36-64(44,45)22-3-1-2-18(10-22)37-35(43)38-19-8-20(39(16-41)27-4-6-29(67(52,53)54)25-12-23(65(46,47)48)14-31(33(25)27)69(58,59)60)11-21(9-19)40(17-42)28-5-7-30(68(55,56)57)26-13-24(66(49,50)51)15-32(34(26)28)70(61,62)63/h1-17H,(H2,37,38,43)(H,46,47,48)(H,49,50,51)(H,52,53,54)(H,55,56,57)(H,58,59,60)(H,61,62,63). The van der Waals surface area contributed by atoms with Crippen molar-refractivity contribution >= 4 is 145 Å². The molecule has 0 aliphatic heterocycles. The van der Waals surface area contributed by atoms with Crippen LogP contribution >= 0.6 is 0 Å². The minimum absolute atomic E-state index is 0.111. The summed E-state index contributed by atoms with van der Waals surface area (Å²) in [6, 6.07) is 7.52. The van der Waals surface area contributed by atoms with Crippen LogP contribution in [0.2, 0.25) is 0 Å². The molecule has 0 unspecified atom stereocenters. The number of urea groups is 1. The van der Waals surface area contributed by atoms with E-state index < -0.39 is 167 Å². The zero-order valence-corrected chi connectivity index (χ0v) is 39.3. The number of nitrogens with zero attached hydrogens (tertiary/aromatic N) is 2. The number of halogens is 1. The first-order chi connectivity index (χ1) is 31.9. The molecule has 6 rings (SSSR count). The van der Waals surface area contributed by atoms with Gasteiger partial charge in [0.1, 0.15) is 24.5 Å². The molecular formula is C35H25FN4O23S7. The van der Waals surface area contributed by atoms with Gasteiger partial charge in [0, 0.05) is 32.9 Å². The van der Waals surface area contributed by atoms with Crippen molar-refractivity contribution in [3.63, 3.8) is 0 Å². The summed E-state index contributed by atoms with van der Waals surface area (Å²) in [5, 5.41) is -0.0986. The lowest BCUT2D eigenvalue weighted by Crippen LogP contribution is -2.22. The molecule has 27 nitrogen and oxygen atoms in total. The largest absolute Gasteiger partial charge is 0.332 e. The van der Waals surface area contributed by atoms with E-state index >= 15 is 0 Å². The number of amides is 4. The van der Waals surface area contributed by atoms with Gasteiger partial charge in [-0.25, -0.2) is 4.79 Å². The molecule has 0 radical (unpaired) electrons. The molecule has 0 bridgehead atoms. The van der Waals surface area contributed by atoms with Gasteiger partial charge in [-0.15, -0.1) is 3.89 Å². The summed E-state index contributed by atoms with van der Waals surface area (Å²) in [4.78, 5) is 31.2. The van der Waals surface area contributed by atoms with Crippen molar-refractivity contribution in [3.05, 3.63) is 91.0 Å². The first kappa shape index (κ1) is 52.8. The number of hydrogen-bond acceptors (Lipinski definition) is 17. The predicted octanol–water partition coefficient (Wildman–Crippen LogP) is 3.36. The number of rotatable bonds is 15. The van der Waals surface area contributed by atoms with Crippen LogP contribution in [0.1, 0.15) is 0 Å². The number of nitrogens with one attached hydrogen (secondary N) is 2. The van der Waals surface area contributed by atoms with Gasteiger partial charge in [0.25, 0.3) is 60.7 Å². The Balaban J connectivity index is 1.72. The minimum atomic E-state index is -5.77. The lowest BCUT2D eigenvalue weighted by atomic mass is 10.1. The molecule has 70 heavy (non-hydrogen) atoms. The number of hydrogen-bond donors (Lipinski definition) is 8. The first-order valence-corrected chi connectivity index (χ1v) is 27.8. The van der Waals surface area contributed by atoms with Gasteiger partial charge in [0.2, 0.25) is 12.8 Å². The molecule has 8 N–H and O–H groups in total. The normalized spacial score (nSPS) is 12.9. The highest BCUT2D eigenvalue weighted by Gasteiger charge is 2.32. The molecule has 0 aliphatic rings. The molecule has 0 aromatic heterocycles. The molecule has 0 fully saturated rings. The van der Waals surface area contributed by atoms with Crippen LogP contribution in [-0.4, -0.2) is 105 Å². The van der Waals surface area contributed by atoms with Gasteiger partial charge in [-0.1, -0.05) is 6.07 Å². The molecule has 0 heterocycles. The number of carbonyl (C=O) groups excluding carboxylic acids is 3. The van der Waals surface area contributed by atoms with E-state index in [1.54, 1.807) is 0 Å². The molecular weight excluding hydrogens is 1090 g/mol. The molecule has 0 atom stereocenters. The maximum atomic E-state index is 13.8. The summed E-state index contributed by atoms with van der Waals surface area (Å²) in [6.07, 6.45) is -0.375. The summed E-state index contributed by atoms with van der Waals surface area (Å²) in [7, 11) is -38.9. The van der Waals surface area contributed by atoms with Crippen LogP contribution in [0.3, 0.4) is 0 Å². The summed E-state index contributed by atoms with van der Waals surface area (Å²) < 4.78 is 247. The van der Waals surface area contributed by atoms with Crippen LogP contribution in [0.15, 0.2) is 125 Å². The third kappa shape index (κ3) is 10.9. The lowest BCUT2D eigenvalue weighted by Gasteiger charge is -2.26. The molecule has 6 aromatic rings. The van der Waals surface area contributed by atoms with Crippen molar-refractivity contribution in [3.8, 4) is 0 Å². The molecule has 0 saturated heterocycles. The van der Waals surface area contributed by atoms with Gasteiger partial charge in [-0.2, -0.15) is 58.9 Å². The van der Waals surface area contributed by atoms with Crippen LogP contribution in [0, 0.1) is 0 Å². The summed E-state index contributed by atoms with van der Waals surface area (Å²) in [5.41, 5.74) is -4.18. The van der Waals surface area contributed by atoms with E-state index in [1.807, 2.05) is 0 Å². The Kier molecular flexibility index (Phi) is 13.5. The van der Waals surface area contributed by atoms with Crippen molar-refractivity contribution < 1.29 is 105 Å². The monoisotopic (exact) mass is 1110 g/mol. The first-order valence-electron chi connectivity index (χ1n) is 17.8. The molecule has 0 aliphatic carbocycles. The third-order valence-electron chi connectivity index (χ3n) is 9.51. The number of anilines is 6. The SMILES string of the molecule is O=CN(c1cc(NC(=O)Nc2cccc(S(=O)(=O)F)c2)cc(N(C=O)c2ccc(S(=O)(=O)O)c3cc(S(=O)(=O)O)cc(S(=O)(=O)O)c23)c1)c1ccc(S(=O)(=O)O)c2cc(S(=O)(=O)O)cc(S(=O)(=O)O)c12. The topological polar surface area (TPSA) is 442 Å². The second-order valence-electron chi connectivity index (χ2n) is 13.9. The highest BCUT2D eigenvalue weighted by Crippen LogP contribution is 2.44. The summed E-state index contributed by atoms with van der Waals surface area (Å²) in [5.74, 6) is 0. The van der Waals surface area contributed by atoms with E-state index in [1.165, 1.54) is 0 Å². The van der Waals surface area contributed by atoms with Gasteiger partial charge in [-0.05, 0) is 84.9 Å². The van der Waals surface area contributed by atoms with E-state index in [-0.39, 0.29) is 25.0 Å². The second-order valence-corrected chi connectivity index (χ2v) is 23.7. The van der Waals surface area contributed by atoms with Crippen LogP contribution < -0.4 is 20.4 Å². The summed E-state index contributed by atoms with van der Waals surface area (Å²) >= 11 is 0. The second kappa shape index (κ2) is 18.0. The minimum Gasteiger partial charge on any atom is -0.308 e. The fraction of sp³-hybridized carbons (Fsp3) is 0. The van der Waals surface area contributed by atoms with E-state index in [0.29, 0.717) is 52.3 Å². The number of benzene rings is 6. The van der Waals surface area contributed by atoms with Crippen molar-refractivity contribution in [1.29, 1.82) is 0 Å². The zero-order valence-electron chi connectivity index (χ0n) is 33.6. The summed E-state index contributed by atoms with van der Waals surface area (Å²) in [6.45, 7) is 0. The van der Waals surface area contributed by atoms with Gasteiger partial charge in [0.05, 0.1) is 32.5 Å². The molecule has 0 spiro atoms. The molecule has 4 amide bonds. The fourth-order valence-electron chi connectivity index (χ4n) is 6.79. The maximum Gasteiger partial charge on any atom is 0.332 e. The van der Waals surface area contributed by atoms with Gasteiger partial charge in [0.15, 0.2) is 0 Å². The Morgan fingerprint density at radius 3 is 1.17 bits per heavy atom. The zero-order chi connectivity index (χ0) is 52.5. The van der Waals surface area contributed by atoms with Crippen molar-refractivity contribution in [2.24, 2.45) is 0 Å². The van der Waals surface area contributed by atoms with Crippen LogP contribution in [-0.2, 0) is 80.5 Å².